The summed E-state index contributed by atoms with van der Waals surface area (Å²) in [5, 5.41) is 5.81. The van der Waals surface area contributed by atoms with Gasteiger partial charge in [0, 0.05) is 42.4 Å². The molecule has 2 amide bonds. The number of halogens is 1. The molecule has 2 aliphatic rings. The van der Waals surface area contributed by atoms with Gasteiger partial charge in [0.15, 0.2) is 17.2 Å². The summed E-state index contributed by atoms with van der Waals surface area (Å²) >= 11 is 0. The SMILES string of the molecule is Cl.O=C1Cc2cc(-c3c(C(=O)Nc4ccccc4)nc4c(N5CCOCC5)nccn34)ccc2N1. The highest BCUT2D eigenvalue weighted by Gasteiger charge is 2.26. The van der Waals surface area contributed by atoms with E-state index in [1.807, 2.05) is 59.1 Å². The number of ether oxygens (including phenoxy) is 1. The molecule has 2 N–H and O–H groups in total. The van der Waals surface area contributed by atoms with E-state index in [9.17, 15) is 9.59 Å². The minimum absolute atomic E-state index is 0. The molecule has 2 aromatic carbocycles. The van der Waals surface area contributed by atoms with Crippen molar-refractivity contribution in [1.82, 2.24) is 14.4 Å². The molecule has 0 unspecified atom stereocenters. The second kappa shape index (κ2) is 9.36. The van der Waals surface area contributed by atoms with Crippen LogP contribution in [0.1, 0.15) is 16.1 Å². The summed E-state index contributed by atoms with van der Waals surface area (Å²) in [5.41, 5.74) is 4.74. The van der Waals surface area contributed by atoms with E-state index in [0.717, 1.165) is 16.8 Å². The summed E-state index contributed by atoms with van der Waals surface area (Å²) in [4.78, 5) is 36.8. The van der Waals surface area contributed by atoms with Crippen molar-refractivity contribution in [2.75, 3.05) is 41.8 Å². The maximum atomic E-state index is 13.4. The second-order valence-electron chi connectivity index (χ2n) is 8.27. The van der Waals surface area contributed by atoms with Crippen LogP contribution in [-0.4, -0.2) is 52.5 Å². The summed E-state index contributed by atoms with van der Waals surface area (Å²) in [7, 11) is 0. The number of morpholine rings is 1. The molecule has 0 aliphatic carbocycles. The molecule has 1 saturated heterocycles. The fourth-order valence-electron chi connectivity index (χ4n) is 4.48. The molecule has 178 valence electrons. The fraction of sp³-hybridized carbons (Fsp3) is 0.200. The molecule has 4 heterocycles. The molecule has 6 rings (SSSR count). The Morgan fingerprint density at radius 1 is 1.09 bits per heavy atom. The van der Waals surface area contributed by atoms with Crippen molar-refractivity contribution in [2.45, 2.75) is 6.42 Å². The Labute approximate surface area is 207 Å². The monoisotopic (exact) mass is 490 g/mol. The van der Waals surface area contributed by atoms with Crippen LogP contribution < -0.4 is 15.5 Å². The highest BCUT2D eigenvalue weighted by molar-refractivity contribution is 6.08. The predicted octanol–water partition coefficient (Wildman–Crippen LogP) is 3.40. The topological polar surface area (TPSA) is 101 Å². The Kier molecular flexibility index (Phi) is 6.10. The number of hydrogen-bond donors (Lipinski definition) is 2. The van der Waals surface area contributed by atoms with Crippen LogP contribution in [0.15, 0.2) is 60.9 Å². The van der Waals surface area contributed by atoms with Crippen molar-refractivity contribution in [3.05, 3.63) is 72.2 Å². The first-order valence-corrected chi connectivity index (χ1v) is 11.2. The van der Waals surface area contributed by atoms with Crippen LogP contribution in [0.5, 0.6) is 0 Å². The molecule has 0 spiro atoms. The predicted molar refractivity (Wildman–Crippen MR) is 135 cm³/mol. The van der Waals surface area contributed by atoms with E-state index in [2.05, 4.69) is 20.5 Å². The lowest BCUT2D eigenvalue weighted by Gasteiger charge is -2.27. The highest BCUT2D eigenvalue weighted by atomic mass is 35.5. The lowest BCUT2D eigenvalue weighted by molar-refractivity contribution is -0.115. The van der Waals surface area contributed by atoms with Crippen LogP contribution in [-0.2, 0) is 16.0 Å². The molecular formula is C25H23ClN6O3. The van der Waals surface area contributed by atoms with Gasteiger partial charge in [-0.15, -0.1) is 12.4 Å². The molecule has 0 saturated carbocycles. The molecule has 10 heteroatoms. The summed E-state index contributed by atoms with van der Waals surface area (Å²) in [5.74, 6) is 0.363. The number of amides is 2. The molecule has 0 bridgehead atoms. The number of carbonyl (C=O) groups is 2. The lowest BCUT2D eigenvalue weighted by Crippen LogP contribution is -2.37. The summed E-state index contributed by atoms with van der Waals surface area (Å²) < 4.78 is 7.40. The zero-order chi connectivity index (χ0) is 23.1. The smallest absolute Gasteiger partial charge is 0.276 e. The summed E-state index contributed by atoms with van der Waals surface area (Å²) in [6.45, 7) is 2.63. The number of imidazole rings is 1. The third kappa shape index (κ3) is 4.20. The van der Waals surface area contributed by atoms with Crippen molar-refractivity contribution in [3.63, 3.8) is 0 Å². The number of nitrogens with zero attached hydrogens (tertiary/aromatic N) is 4. The molecule has 0 atom stereocenters. The van der Waals surface area contributed by atoms with Gasteiger partial charge in [-0.25, -0.2) is 9.97 Å². The molecule has 35 heavy (non-hydrogen) atoms. The normalized spacial score (nSPS) is 14.9. The lowest BCUT2D eigenvalue weighted by atomic mass is 10.0. The van der Waals surface area contributed by atoms with Gasteiger partial charge in [-0.2, -0.15) is 0 Å². The van der Waals surface area contributed by atoms with Gasteiger partial charge in [-0.1, -0.05) is 24.3 Å². The fourth-order valence-corrected chi connectivity index (χ4v) is 4.48. The van der Waals surface area contributed by atoms with Crippen LogP contribution in [0.3, 0.4) is 0 Å². The number of nitrogens with one attached hydrogen (secondary N) is 2. The Hall–Kier alpha value is -3.95. The third-order valence-electron chi connectivity index (χ3n) is 6.08. The van der Waals surface area contributed by atoms with E-state index in [1.165, 1.54) is 0 Å². The van der Waals surface area contributed by atoms with Gasteiger partial charge in [0.2, 0.25) is 5.91 Å². The Morgan fingerprint density at radius 3 is 2.69 bits per heavy atom. The number of fused-ring (bicyclic) bond motifs is 2. The summed E-state index contributed by atoms with van der Waals surface area (Å²) in [6, 6.07) is 15.0. The van der Waals surface area contributed by atoms with Crippen molar-refractivity contribution in [1.29, 1.82) is 0 Å². The van der Waals surface area contributed by atoms with Crippen molar-refractivity contribution >= 4 is 47.1 Å². The molecule has 4 aromatic rings. The number of anilines is 3. The van der Waals surface area contributed by atoms with Gasteiger partial charge < -0.3 is 20.3 Å². The standard InChI is InChI=1S/C25H22N6O3.ClH/c32-20-15-17-14-16(6-7-19(17)28-20)22-21(25(33)27-18-4-2-1-3-5-18)29-24-23(26-8-9-31(22)24)30-10-12-34-13-11-30;/h1-9,14H,10-13,15H2,(H,27,33)(H,28,32);1H. The Morgan fingerprint density at radius 2 is 1.89 bits per heavy atom. The number of para-hydroxylation sites is 1. The Balaban J connectivity index is 0.00000253. The van der Waals surface area contributed by atoms with Crippen LogP contribution in [0.4, 0.5) is 17.2 Å². The van der Waals surface area contributed by atoms with Gasteiger partial charge in [0.05, 0.1) is 25.3 Å². The molecule has 2 aromatic heterocycles. The van der Waals surface area contributed by atoms with Gasteiger partial charge in [0.1, 0.15) is 0 Å². The van der Waals surface area contributed by atoms with Gasteiger partial charge in [-0.3, -0.25) is 14.0 Å². The average molecular weight is 491 g/mol. The molecule has 1 fully saturated rings. The highest BCUT2D eigenvalue weighted by Crippen LogP contribution is 2.33. The first-order valence-electron chi connectivity index (χ1n) is 11.2. The number of aromatic nitrogens is 3. The van der Waals surface area contributed by atoms with E-state index in [1.54, 1.807) is 6.20 Å². The maximum Gasteiger partial charge on any atom is 0.276 e. The van der Waals surface area contributed by atoms with E-state index in [-0.39, 0.29) is 24.2 Å². The summed E-state index contributed by atoms with van der Waals surface area (Å²) in [6.07, 6.45) is 3.85. The molecular weight excluding hydrogens is 468 g/mol. The van der Waals surface area contributed by atoms with Crippen LogP contribution in [0.2, 0.25) is 0 Å². The van der Waals surface area contributed by atoms with Gasteiger partial charge in [0.25, 0.3) is 5.91 Å². The van der Waals surface area contributed by atoms with E-state index in [4.69, 9.17) is 9.72 Å². The minimum Gasteiger partial charge on any atom is -0.378 e. The second-order valence-corrected chi connectivity index (χ2v) is 8.27. The maximum absolute atomic E-state index is 13.4. The third-order valence-corrected chi connectivity index (χ3v) is 6.08. The first kappa shape index (κ1) is 22.8. The van der Waals surface area contributed by atoms with Gasteiger partial charge >= 0.3 is 0 Å². The molecule has 0 radical (unpaired) electrons. The van der Waals surface area contributed by atoms with Crippen LogP contribution in [0.25, 0.3) is 16.9 Å². The van der Waals surface area contributed by atoms with E-state index >= 15 is 0 Å². The number of rotatable bonds is 4. The zero-order valence-corrected chi connectivity index (χ0v) is 19.5. The number of carbonyl (C=O) groups excluding carboxylic acids is 2. The van der Waals surface area contributed by atoms with Gasteiger partial charge in [-0.05, 0) is 29.8 Å². The van der Waals surface area contributed by atoms with Crippen molar-refractivity contribution in [2.24, 2.45) is 0 Å². The van der Waals surface area contributed by atoms with Crippen molar-refractivity contribution < 1.29 is 14.3 Å². The van der Waals surface area contributed by atoms with Crippen LogP contribution >= 0.6 is 12.4 Å². The largest absolute Gasteiger partial charge is 0.378 e. The number of hydrogen-bond acceptors (Lipinski definition) is 6. The van der Waals surface area contributed by atoms with E-state index < -0.39 is 0 Å². The van der Waals surface area contributed by atoms with E-state index in [0.29, 0.717) is 61.3 Å². The van der Waals surface area contributed by atoms with Crippen LogP contribution in [0, 0.1) is 0 Å². The minimum atomic E-state index is -0.312. The van der Waals surface area contributed by atoms with Crippen molar-refractivity contribution in [3.8, 4) is 11.3 Å². The average Bonchev–Trinajstić information content (AvgIpc) is 3.44. The quantitative estimate of drug-likeness (QED) is 0.454. The first-order chi connectivity index (χ1) is 16.7. The Bertz CT molecular complexity index is 1420. The molecule has 2 aliphatic heterocycles. The molecule has 9 nitrogen and oxygen atoms in total. The zero-order valence-electron chi connectivity index (χ0n) is 18.7. The number of benzene rings is 2.